The van der Waals surface area contributed by atoms with Crippen molar-refractivity contribution in [2.45, 2.75) is 6.18 Å². The molecule has 1 heterocycles. The molecule has 0 amide bonds. The van der Waals surface area contributed by atoms with Gasteiger partial charge in [0.2, 0.25) is 0 Å². The van der Waals surface area contributed by atoms with Gasteiger partial charge in [-0.25, -0.2) is 4.98 Å². The minimum absolute atomic E-state index is 0.315. The second-order valence-corrected chi connectivity index (χ2v) is 1.98. The molecule has 0 aliphatic rings. The molecule has 1 aromatic rings. The number of hydrogen-bond donors (Lipinski definition) is 0. The highest BCUT2D eigenvalue weighted by molar-refractivity contribution is 5.28. The summed E-state index contributed by atoms with van der Waals surface area (Å²) >= 11 is 0. The van der Waals surface area contributed by atoms with Gasteiger partial charge in [-0.15, -0.1) is 0 Å². The molecule has 0 saturated carbocycles. The summed E-state index contributed by atoms with van der Waals surface area (Å²) in [4.78, 5) is 3.12. The van der Waals surface area contributed by atoms with E-state index in [0.717, 1.165) is 19.4 Å². The Bertz CT molecular complexity index is 272. The van der Waals surface area contributed by atoms with Crippen LogP contribution in [0.15, 0.2) is 12.3 Å². The molecule has 1 radical (unpaired) electrons. The standard InChI is InChI=1S/C7H5F3NO/c1-12-5-3-2-4-11-6(5)7(8,9)10/h3-4H,1H3. The van der Waals surface area contributed by atoms with Crippen LogP contribution in [0.25, 0.3) is 0 Å². The summed E-state index contributed by atoms with van der Waals surface area (Å²) in [5, 5.41) is 0. The van der Waals surface area contributed by atoms with Crippen LogP contribution in [-0.2, 0) is 6.18 Å². The van der Waals surface area contributed by atoms with Crippen LogP contribution in [0.5, 0.6) is 5.75 Å². The second-order valence-electron chi connectivity index (χ2n) is 1.98. The van der Waals surface area contributed by atoms with Crippen molar-refractivity contribution in [2.24, 2.45) is 0 Å². The molecule has 0 unspecified atom stereocenters. The van der Waals surface area contributed by atoms with Crippen molar-refractivity contribution < 1.29 is 17.9 Å². The van der Waals surface area contributed by atoms with Gasteiger partial charge in [-0.1, -0.05) is 0 Å². The highest BCUT2D eigenvalue weighted by atomic mass is 19.4. The van der Waals surface area contributed by atoms with Gasteiger partial charge in [0.1, 0.15) is 5.75 Å². The van der Waals surface area contributed by atoms with Gasteiger partial charge in [0, 0.05) is 12.3 Å². The number of alkyl halides is 3. The second kappa shape index (κ2) is 3.00. The molecule has 1 rings (SSSR count). The maximum atomic E-state index is 12.1. The lowest BCUT2D eigenvalue weighted by molar-refractivity contribution is -0.142. The number of methoxy groups -OCH3 is 1. The monoisotopic (exact) mass is 176 g/mol. The molecule has 0 spiro atoms. The topological polar surface area (TPSA) is 22.1 Å². The lowest BCUT2D eigenvalue weighted by Gasteiger charge is -2.08. The first kappa shape index (κ1) is 8.83. The molecule has 1 aromatic heterocycles. The zero-order chi connectivity index (χ0) is 9.19. The molecule has 0 atom stereocenters. The fourth-order valence-corrected chi connectivity index (χ4v) is 0.715. The van der Waals surface area contributed by atoms with Crippen LogP contribution in [-0.4, -0.2) is 12.1 Å². The van der Waals surface area contributed by atoms with Crippen LogP contribution in [0.1, 0.15) is 5.69 Å². The van der Waals surface area contributed by atoms with Crippen LogP contribution < -0.4 is 4.74 Å². The Labute approximate surface area is 67.0 Å². The number of rotatable bonds is 1. The Hall–Kier alpha value is -1.26. The molecular formula is C7H5F3NO. The van der Waals surface area contributed by atoms with Crippen LogP contribution in [0.3, 0.4) is 0 Å². The van der Waals surface area contributed by atoms with E-state index in [1.807, 2.05) is 0 Å². The van der Waals surface area contributed by atoms with Gasteiger partial charge >= 0.3 is 6.18 Å². The van der Waals surface area contributed by atoms with Crippen molar-refractivity contribution in [2.75, 3.05) is 7.11 Å². The summed E-state index contributed by atoms with van der Waals surface area (Å²) in [6.07, 6.45) is -3.52. The Morgan fingerprint density at radius 1 is 1.50 bits per heavy atom. The lowest BCUT2D eigenvalue weighted by atomic mass is 10.3. The van der Waals surface area contributed by atoms with Gasteiger partial charge in [-0.3, -0.25) is 0 Å². The fourth-order valence-electron chi connectivity index (χ4n) is 0.715. The predicted molar refractivity (Wildman–Crippen MR) is 34.6 cm³/mol. The third kappa shape index (κ3) is 1.66. The number of aromatic nitrogens is 1. The average Bonchev–Trinajstić information content (AvgIpc) is 2.03. The molecule has 0 aliphatic carbocycles. The Morgan fingerprint density at radius 3 is 2.58 bits per heavy atom. The highest BCUT2D eigenvalue weighted by Gasteiger charge is 2.35. The summed E-state index contributed by atoms with van der Waals surface area (Å²) in [5.41, 5.74) is -1.02. The van der Waals surface area contributed by atoms with E-state index >= 15 is 0 Å². The number of hydrogen-bond acceptors (Lipinski definition) is 2. The molecule has 2 nitrogen and oxygen atoms in total. The van der Waals surface area contributed by atoms with Gasteiger partial charge in [-0.2, -0.15) is 13.2 Å². The fraction of sp³-hybridized carbons (Fsp3) is 0.286. The van der Waals surface area contributed by atoms with E-state index in [-0.39, 0.29) is 5.75 Å². The van der Waals surface area contributed by atoms with E-state index in [1.54, 1.807) is 0 Å². The summed E-state index contributed by atoms with van der Waals surface area (Å²) in [7, 11) is 1.15. The van der Waals surface area contributed by atoms with E-state index < -0.39 is 11.9 Å². The van der Waals surface area contributed by atoms with Crippen molar-refractivity contribution in [1.29, 1.82) is 0 Å². The first-order chi connectivity index (χ1) is 5.55. The SMILES string of the molecule is COc1c[c]cnc1C(F)(F)F. The zero-order valence-corrected chi connectivity index (χ0v) is 6.14. The lowest BCUT2D eigenvalue weighted by Crippen LogP contribution is -2.09. The summed E-state index contributed by atoms with van der Waals surface area (Å²) in [6, 6.07) is 3.48. The van der Waals surface area contributed by atoms with Crippen LogP contribution in [0.4, 0.5) is 13.2 Å². The predicted octanol–water partition coefficient (Wildman–Crippen LogP) is 1.91. The van der Waals surface area contributed by atoms with E-state index in [0.29, 0.717) is 0 Å². The quantitative estimate of drug-likeness (QED) is 0.652. The van der Waals surface area contributed by atoms with Crippen molar-refractivity contribution in [3.63, 3.8) is 0 Å². The van der Waals surface area contributed by atoms with E-state index in [4.69, 9.17) is 0 Å². The molecule has 0 saturated heterocycles. The Balaban J connectivity index is 3.14. The smallest absolute Gasteiger partial charge is 0.437 e. The van der Waals surface area contributed by atoms with E-state index in [2.05, 4.69) is 15.8 Å². The maximum Gasteiger partial charge on any atom is 0.437 e. The Morgan fingerprint density at radius 2 is 2.17 bits per heavy atom. The molecule has 12 heavy (non-hydrogen) atoms. The molecule has 0 N–H and O–H groups in total. The van der Waals surface area contributed by atoms with E-state index in [1.165, 1.54) is 0 Å². The zero-order valence-electron chi connectivity index (χ0n) is 6.14. The molecule has 5 heteroatoms. The third-order valence-electron chi connectivity index (χ3n) is 1.20. The highest BCUT2D eigenvalue weighted by Crippen LogP contribution is 2.33. The largest absolute Gasteiger partial charge is 0.494 e. The van der Waals surface area contributed by atoms with Crippen molar-refractivity contribution in [3.05, 3.63) is 24.0 Å². The van der Waals surface area contributed by atoms with Crippen molar-refractivity contribution in [3.8, 4) is 5.75 Å². The normalized spacial score (nSPS) is 11.3. The molecule has 0 bridgehead atoms. The first-order valence-electron chi connectivity index (χ1n) is 3.03. The Kier molecular flexibility index (Phi) is 2.21. The maximum absolute atomic E-state index is 12.1. The minimum Gasteiger partial charge on any atom is -0.494 e. The van der Waals surface area contributed by atoms with Crippen molar-refractivity contribution >= 4 is 0 Å². The average molecular weight is 176 g/mol. The van der Waals surface area contributed by atoms with Crippen LogP contribution >= 0.6 is 0 Å². The molecule has 0 aliphatic heterocycles. The van der Waals surface area contributed by atoms with Gasteiger partial charge < -0.3 is 4.74 Å². The third-order valence-corrected chi connectivity index (χ3v) is 1.20. The molecular weight excluding hydrogens is 171 g/mol. The molecule has 0 aromatic carbocycles. The van der Waals surface area contributed by atoms with Gasteiger partial charge in [0.05, 0.1) is 7.11 Å². The number of nitrogens with zero attached hydrogens (tertiary/aromatic N) is 1. The summed E-state index contributed by atoms with van der Waals surface area (Å²) in [6.45, 7) is 0. The number of ether oxygens (including phenoxy) is 1. The summed E-state index contributed by atoms with van der Waals surface area (Å²) < 4.78 is 40.7. The molecule has 0 fully saturated rings. The van der Waals surface area contributed by atoms with Crippen LogP contribution in [0.2, 0.25) is 0 Å². The van der Waals surface area contributed by atoms with E-state index in [9.17, 15) is 13.2 Å². The number of pyridine rings is 1. The van der Waals surface area contributed by atoms with Gasteiger partial charge in [0.25, 0.3) is 0 Å². The van der Waals surface area contributed by atoms with Gasteiger partial charge in [0.15, 0.2) is 5.69 Å². The first-order valence-corrected chi connectivity index (χ1v) is 3.03. The van der Waals surface area contributed by atoms with Crippen molar-refractivity contribution in [1.82, 2.24) is 4.98 Å². The van der Waals surface area contributed by atoms with Crippen LogP contribution in [0, 0.1) is 6.07 Å². The van der Waals surface area contributed by atoms with Gasteiger partial charge in [-0.05, 0) is 6.07 Å². The minimum atomic E-state index is -4.47. The number of halogens is 3. The summed E-state index contributed by atoms with van der Waals surface area (Å²) in [5.74, 6) is -0.315. The molecule has 65 valence electrons.